The number of hydrogen-bond donors (Lipinski definition) is 3. The molecule has 0 spiro atoms. The number of alkyl halides is 2. The van der Waals surface area contributed by atoms with Crippen molar-refractivity contribution < 1.29 is 46.2 Å². The van der Waals surface area contributed by atoms with Crippen molar-refractivity contribution in [1.82, 2.24) is 24.3 Å². The molecule has 6 rings (SSSR count). The highest BCUT2D eigenvalue weighted by molar-refractivity contribution is 7.89. The standard InChI is InChI=1S/C29H36F2N5O8PS2/c1-17(37)33-10-7-20-4-5-23(28(40)34-11-8-21(15-34)35-9-2-12-47(35,43)44)36(20)27(39)22(16-33)32-26(38)25-14-18-13-19(3-6-24(18)46-25)29(30,31)45(41)42/h3,6,13-14,20-23,41-42H,2,4-5,7-12,15-16H2,1H3,(H,32,38)/t20-,21?,22+,23+/m1/s1. The van der Waals surface area contributed by atoms with E-state index in [0.29, 0.717) is 56.4 Å². The largest absolute Gasteiger partial charge is 0.346 e. The summed E-state index contributed by atoms with van der Waals surface area (Å²) in [5, 5.41) is 3.00. The van der Waals surface area contributed by atoms with Crippen LogP contribution in [0.3, 0.4) is 0 Å². The second kappa shape index (κ2) is 12.9. The van der Waals surface area contributed by atoms with Crippen LogP contribution in [0.25, 0.3) is 10.1 Å². The fraction of sp³-hybridized carbons (Fsp3) is 0.586. The molecule has 18 heteroatoms. The Bertz CT molecular complexity index is 1710. The number of amides is 4. The first-order chi connectivity index (χ1) is 22.2. The maximum Gasteiger partial charge on any atom is 0.339 e. The van der Waals surface area contributed by atoms with Crippen molar-refractivity contribution in [3.05, 3.63) is 34.7 Å². The SMILES string of the molecule is CC(=O)N1CC[C@H]2CC[C@@H](C(=O)N3CCC(N4CCCS4(=O)=O)C3)N2C(=O)[C@@H](NC(=O)c2cc3cc(C(F)(F)P(O)O)ccc3s2)C1. The van der Waals surface area contributed by atoms with Crippen LogP contribution in [-0.4, -0.2) is 123 Å². The van der Waals surface area contributed by atoms with Gasteiger partial charge in [-0.25, -0.2) is 8.42 Å². The van der Waals surface area contributed by atoms with Gasteiger partial charge in [0.25, 0.3) is 5.91 Å². The lowest BCUT2D eigenvalue weighted by Crippen LogP contribution is -2.61. The van der Waals surface area contributed by atoms with Crippen LogP contribution in [0, 0.1) is 0 Å². The predicted molar refractivity (Wildman–Crippen MR) is 169 cm³/mol. The maximum atomic E-state index is 14.2. The molecule has 3 N–H and O–H groups in total. The number of hydrogen-bond acceptors (Lipinski definition) is 9. The highest BCUT2D eigenvalue weighted by Crippen LogP contribution is 2.53. The number of nitrogens with one attached hydrogen (secondary N) is 1. The molecular weight excluding hydrogens is 679 g/mol. The molecule has 4 fully saturated rings. The van der Waals surface area contributed by atoms with Crippen LogP contribution in [0.15, 0.2) is 24.3 Å². The molecular formula is C29H36F2N5O8PS2. The van der Waals surface area contributed by atoms with Gasteiger partial charge in [-0.05, 0) is 55.7 Å². The fourth-order valence-corrected chi connectivity index (χ4v) is 10.2. The number of carbonyl (C=O) groups excluding carboxylic acids is 4. The molecule has 4 aliphatic rings. The van der Waals surface area contributed by atoms with Crippen molar-refractivity contribution in [2.75, 3.05) is 38.5 Å². The van der Waals surface area contributed by atoms with Crippen LogP contribution in [0.4, 0.5) is 8.78 Å². The van der Waals surface area contributed by atoms with Gasteiger partial charge in [0.15, 0.2) is 0 Å². The lowest BCUT2D eigenvalue weighted by Gasteiger charge is -2.39. The van der Waals surface area contributed by atoms with Gasteiger partial charge in [-0.15, -0.1) is 11.3 Å². The topological polar surface area (TPSA) is 168 Å². The third-order valence-electron chi connectivity index (χ3n) is 9.58. The third kappa shape index (κ3) is 6.49. The molecule has 256 valence electrons. The van der Waals surface area contributed by atoms with Crippen LogP contribution in [0.2, 0.25) is 0 Å². The number of nitrogens with zero attached hydrogens (tertiary/aromatic N) is 4. The fourth-order valence-electron chi connectivity index (χ4n) is 7.15. The summed E-state index contributed by atoms with van der Waals surface area (Å²) < 4.78 is 55.4. The Morgan fingerprint density at radius 1 is 1.00 bits per heavy atom. The summed E-state index contributed by atoms with van der Waals surface area (Å²) in [6.07, 6.45) is 2.44. The molecule has 13 nitrogen and oxygen atoms in total. The Kier molecular flexibility index (Phi) is 9.35. The van der Waals surface area contributed by atoms with Gasteiger partial charge in [0.1, 0.15) is 12.1 Å². The lowest BCUT2D eigenvalue weighted by atomic mass is 10.1. The summed E-state index contributed by atoms with van der Waals surface area (Å²) in [6.45, 7) is 2.61. The lowest BCUT2D eigenvalue weighted by molar-refractivity contribution is -0.148. The van der Waals surface area contributed by atoms with E-state index >= 15 is 0 Å². The summed E-state index contributed by atoms with van der Waals surface area (Å²) in [4.78, 5) is 77.1. The van der Waals surface area contributed by atoms with Gasteiger partial charge >= 0.3 is 5.66 Å². The molecule has 0 bridgehead atoms. The molecule has 4 atom stereocenters. The minimum Gasteiger partial charge on any atom is -0.346 e. The van der Waals surface area contributed by atoms with Gasteiger partial charge in [0, 0.05) is 62.0 Å². The number of thiophene rings is 1. The van der Waals surface area contributed by atoms with Crippen molar-refractivity contribution in [2.45, 2.75) is 68.9 Å². The van der Waals surface area contributed by atoms with E-state index < -0.39 is 53.5 Å². The predicted octanol–water partition coefficient (Wildman–Crippen LogP) is 1.59. The summed E-state index contributed by atoms with van der Waals surface area (Å²) >= 11 is 1.00. The molecule has 1 unspecified atom stereocenters. The second-order valence-corrected chi connectivity index (χ2v) is 16.7. The molecule has 0 aliphatic carbocycles. The van der Waals surface area contributed by atoms with Crippen LogP contribution in [0.1, 0.15) is 54.3 Å². The van der Waals surface area contributed by atoms with Crippen LogP contribution >= 0.6 is 19.7 Å². The second-order valence-electron chi connectivity index (χ2n) is 12.5. The Hall–Kier alpha value is -2.82. The normalized spacial score (nSPS) is 26.9. The van der Waals surface area contributed by atoms with E-state index in [1.807, 2.05) is 0 Å². The van der Waals surface area contributed by atoms with E-state index in [4.69, 9.17) is 9.79 Å². The van der Waals surface area contributed by atoms with Gasteiger partial charge in [-0.1, -0.05) is 6.07 Å². The van der Waals surface area contributed by atoms with Crippen molar-refractivity contribution >= 4 is 63.5 Å². The smallest absolute Gasteiger partial charge is 0.339 e. The van der Waals surface area contributed by atoms with Crippen molar-refractivity contribution in [3.63, 3.8) is 0 Å². The number of sulfonamides is 1. The number of halogens is 2. The first kappa shape index (κ1) is 34.1. The Morgan fingerprint density at radius 3 is 2.40 bits per heavy atom. The minimum atomic E-state index is -3.86. The van der Waals surface area contributed by atoms with E-state index in [9.17, 15) is 36.4 Å². The van der Waals surface area contributed by atoms with Gasteiger partial charge < -0.3 is 29.8 Å². The van der Waals surface area contributed by atoms with Crippen molar-refractivity contribution in [1.29, 1.82) is 0 Å². The van der Waals surface area contributed by atoms with Crippen molar-refractivity contribution in [3.8, 4) is 0 Å². The van der Waals surface area contributed by atoms with Gasteiger partial charge in [0.05, 0.1) is 10.6 Å². The van der Waals surface area contributed by atoms with E-state index in [1.165, 1.54) is 33.2 Å². The zero-order chi connectivity index (χ0) is 33.8. The van der Waals surface area contributed by atoms with E-state index in [-0.39, 0.29) is 53.0 Å². The molecule has 5 heterocycles. The first-order valence-corrected chi connectivity index (χ1v) is 19.1. The summed E-state index contributed by atoms with van der Waals surface area (Å²) in [5.41, 5.74) is -4.47. The number of rotatable bonds is 6. The molecule has 0 radical (unpaired) electrons. The zero-order valence-corrected chi connectivity index (χ0v) is 28.1. The zero-order valence-electron chi connectivity index (χ0n) is 25.5. The number of benzene rings is 1. The molecule has 1 aromatic heterocycles. The Morgan fingerprint density at radius 2 is 1.72 bits per heavy atom. The Labute approximate surface area is 275 Å². The molecule has 1 aromatic carbocycles. The Balaban J connectivity index is 1.21. The van der Waals surface area contributed by atoms with E-state index in [2.05, 4.69) is 5.32 Å². The quantitative estimate of drug-likeness (QED) is 0.379. The number of likely N-dealkylation sites (tertiary alicyclic amines) is 1. The van der Waals surface area contributed by atoms with Gasteiger partial charge in [-0.3, -0.25) is 19.2 Å². The monoisotopic (exact) mass is 715 g/mol. The number of carbonyl (C=O) groups is 4. The molecule has 2 aromatic rings. The van der Waals surface area contributed by atoms with E-state index in [1.54, 1.807) is 4.90 Å². The summed E-state index contributed by atoms with van der Waals surface area (Å²) in [5.74, 6) is -1.62. The van der Waals surface area contributed by atoms with Crippen LogP contribution < -0.4 is 5.32 Å². The maximum absolute atomic E-state index is 14.2. The summed E-state index contributed by atoms with van der Waals surface area (Å²) in [7, 11) is -6.92. The highest BCUT2D eigenvalue weighted by Gasteiger charge is 2.48. The van der Waals surface area contributed by atoms with E-state index in [0.717, 1.165) is 23.5 Å². The third-order valence-corrected chi connectivity index (χ3v) is 13.5. The highest BCUT2D eigenvalue weighted by atomic mass is 32.2. The minimum absolute atomic E-state index is 0.0986. The van der Waals surface area contributed by atoms with Gasteiger partial charge in [-0.2, -0.15) is 13.1 Å². The first-order valence-electron chi connectivity index (χ1n) is 15.4. The average molecular weight is 716 g/mol. The van der Waals surface area contributed by atoms with Crippen LogP contribution in [0.5, 0.6) is 0 Å². The van der Waals surface area contributed by atoms with Crippen LogP contribution in [-0.2, 0) is 30.1 Å². The average Bonchev–Trinajstić information content (AvgIpc) is 3.81. The summed E-state index contributed by atoms with van der Waals surface area (Å²) in [6, 6.07) is 2.23. The molecule has 47 heavy (non-hydrogen) atoms. The molecule has 4 amide bonds. The molecule has 0 saturated carbocycles. The molecule has 4 saturated heterocycles. The van der Waals surface area contributed by atoms with Crippen molar-refractivity contribution in [2.24, 2.45) is 0 Å². The number of fused-ring (bicyclic) bond motifs is 2. The molecule has 4 aliphatic heterocycles. The van der Waals surface area contributed by atoms with Gasteiger partial charge in [0.2, 0.25) is 36.1 Å².